The van der Waals surface area contributed by atoms with Crippen LogP contribution < -0.4 is 10.1 Å². The molecule has 4 rings (SSSR count). The van der Waals surface area contributed by atoms with Gasteiger partial charge in [0.15, 0.2) is 5.60 Å². The number of hydrogen-bond donors (Lipinski definition) is 1. The molecule has 2 amide bonds. The molecule has 2 aromatic rings. The average Bonchev–Trinajstić information content (AvgIpc) is 3.19. The summed E-state index contributed by atoms with van der Waals surface area (Å²) in [5, 5.41) is 6.97. The number of fused-ring (bicyclic) bond motifs is 1. The molecule has 32 heavy (non-hydrogen) atoms. The highest BCUT2D eigenvalue weighted by atomic mass is 16.5. The molecule has 1 saturated heterocycles. The SMILES string of the molecule is CCc1noc(C)c1C(=O)N1CCOC2(CCCCc3ccccc3OCCNC2=O)C1. The molecule has 0 radical (unpaired) electrons. The number of aryl methyl sites for hydroxylation is 3. The van der Waals surface area contributed by atoms with Gasteiger partial charge in [0.1, 0.15) is 23.7 Å². The summed E-state index contributed by atoms with van der Waals surface area (Å²) >= 11 is 0. The lowest BCUT2D eigenvalue weighted by Crippen LogP contribution is -2.61. The fourth-order valence-corrected chi connectivity index (χ4v) is 4.51. The molecule has 1 aromatic carbocycles. The molecule has 1 atom stereocenters. The minimum atomic E-state index is -1.07. The Balaban J connectivity index is 1.52. The summed E-state index contributed by atoms with van der Waals surface area (Å²) in [5.74, 6) is 1.04. The van der Waals surface area contributed by atoms with Crippen LogP contribution in [0.3, 0.4) is 0 Å². The maximum Gasteiger partial charge on any atom is 0.259 e. The molecule has 1 N–H and O–H groups in total. The zero-order valence-electron chi connectivity index (χ0n) is 18.8. The van der Waals surface area contributed by atoms with Crippen molar-refractivity contribution in [3.63, 3.8) is 0 Å². The normalized spacial score (nSPS) is 22.3. The van der Waals surface area contributed by atoms with Gasteiger partial charge in [0.2, 0.25) is 0 Å². The van der Waals surface area contributed by atoms with E-state index in [0.717, 1.165) is 25.0 Å². The van der Waals surface area contributed by atoms with Gasteiger partial charge in [-0.1, -0.05) is 30.3 Å². The lowest BCUT2D eigenvalue weighted by Gasteiger charge is -2.41. The molecule has 2 aliphatic rings. The Hall–Kier alpha value is -2.87. The van der Waals surface area contributed by atoms with E-state index in [1.165, 1.54) is 5.56 Å². The summed E-state index contributed by atoms with van der Waals surface area (Å²) in [6.45, 7) is 5.38. The lowest BCUT2D eigenvalue weighted by molar-refractivity contribution is -0.159. The second-order valence-corrected chi connectivity index (χ2v) is 8.40. The minimum Gasteiger partial charge on any atom is -0.491 e. The third-order valence-electron chi connectivity index (χ3n) is 6.26. The highest BCUT2D eigenvalue weighted by Crippen LogP contribution is 2.29. The Morgan fingerprint density at radius 2 is 2.09 bits per heavy atom. The smallest absolute Gasteiger partial charge is 0.259 e. The first-order valence-corrected chi connectivity index (χ1v) is 11.4. The van der Waals surface area contributed by atoms with Crippen LogP contribution in [0.2, 0.25) is 0 Å². The van der Waals surface area contributed by atoms with Crippen LogP contribution in [-0.2, 0) is 22.4 Å². The Kier molecular flexibility index (Phi) is 6.79. The monoisotopic (exact) mass is 441 g/mol. The van der Waals surface area contributed by atoms with Crippen molar-refractivity contribution >= 4 is 11.8 Å². The molecular formula is C24H31N3O5. The van der Waals surface area contributed by atoms with E-state index in [2.05, 4.69) is 16.5 Å². The number of carbonyl (C=O) groups excluding carboxylic acids is 2. The number of morpholine rings is 1. The van der Waals surface area contributed by atoms with Gasteiger partial charge >= 0.3 is 0 Å². The highest BCUT2D eigenvalue weighted by Gasteiger charge is 2.45. The predicted octanol–water partition coefficient (Wildman–Crippen LogP) is 2.68. The maximum atomic E-state index is 13.3. The second-order valence-electron chi connectivity index (χ2n) is 8.40. The predicted molar refractivity (Wildman–Crippen MR) is 118 cm³/mol. The largest absolute Gasteiger partial charge is 0.491 e. The van der Waals surface area contributed by atoms with E-state index in [1.54, 1.807) is 11.8 Å². The zero-order chi connectivity index (χ0) is 22.6. The van der Waals surface area contributed by atoms with Crippen LogP contribution in [0.15, 0.2) is 28.8 Å². The number of ether oxygens (including phenoxy) is 2. The van der Waals surface area contributed by atoms with Crippen LogP contribution in [0.25, 0.3) is 0 Å². The van der Waals surface area contributed by atoms with Crippen molar-refractivity contribution in [1.29, 1.82) is 0 Å². The molecule has 0 aliphatic carbocycles. The first-order chi connectivity index (χ1) is 15.5. The Bertz CT molecular complexity index is 972. The van der Waals surface area contributed by atoms with Gasteiger partial charge in [0.05, 0.1) is 25.4 Å². The third-order valence-corrected chi connectivity index (χ3v) is 6.26. The number of aromatic nitrogens is 1. The van der Waals surface area contributed by atoms with Crippen molar-refractivity contribution in [3.05, 3.63) is 46.8 Å². The molecule has 0 saturated carbocycles. The quantitative estimate of drug-likeness (QED) is 0.770. The number of rotatable bonds is 2. The minimum absolute atomic E-state index is 0.153. The van der Waals surface area contributed by atoms with Crippen molar-refractivity contribution in [2.75, 3.05) is 32.8 Å². The van der Waals surface area contributed by atoms with E-state index in [9.17, 15) is 9.59 Å². The summed E-state index contributed by atoms with van der Waals surface area (Å²) < 4.78 is 17.2. The van der Waals surface area contributed by atoms with Gasteiger partial charge < -0.3 is 24.2 Å². The fraction of sp³-hybridized carbons (Fsp3) is 0.542. The van der Waals surface area contributed by atoms with Gasteiger partial charge in [-0.25, -0.2) is 0 Å². The number of amides is 2. The summed E-state index contributed by atoms with van der Waals surface area (Å²) in [6.07, 6.45) is 3.73. The topological polar surface area (TPSA) is 93.9 Å². The summed E-state index contributed by atoms with van der Waals surface area (Å²) in [5.41, 5.74) is 1.25. The van der Waals surface area contributed by atoms with Gasteiger partial charge in [-0.3, -0.25) is 9.59 Å². The van der Waals surface area contributed by atoms with E-state index in [0.29, 0.717) is 56.2 Å². The Labute approximate surface area is 188 Å². The van der Waals surface area contributed by atoms with Crippen LogP contribution in [0.5, 0.6) is 5.75 Å². The first kappa shape index (κ1) is 22.3. The molecule has 0 bridgehead atoms. The van der Waals surface area contributed by atoms with Crippen molar-refractivity contribution < 1.29 is 23.6 Å². The molecule has 172 valence electrons. The van der Waals surface area contributed by atoms with E-state index < -0.39 is 5.60 Å². The molecule has 8 heteroatoms. The molecule has 1 aromatic heterocycles. The second kappa shape index (κ2) is 9.73. The molecule has 2 aliphatic heterocycles. The number of nitrogens with zero attached hydrogens (tertiary/aromatic N) is 2. The van der Waals surface area contributed by atoms with Gasteiger partial charge in [-0.15, -0.1) is 0 Å². The van der Waals surface area contributed by atoms with E-state index in [-0.39, 0.29) is 18.4 Å². The van der Waals surface area contributed by atoms with Crippen molar-refractivity contribution in [2.24, 2.45) is 0 Å². The van der Waals surface area contributed by atoms with Gasteiger partial charge in [0, 0.05) is 6.54 Å². The maximum absolute atomic E-state index is 13.3. The van der Waals surface area contributed by atoms with Crippen LogP contribution in [-0.4, -0.2) is 60.3 Å². The van der Waals surface area contributed by atoms with Crippen LogP contribution >= 0.6 is 0 Å². The third kappa shape index (κ3) is 4.50. The van der Waals surface area contributed by atoms with E-state index in [4.69, 9.17) is 14.0 Å². The molecule has 3 heterocycles. The van der Waals surface area contributed by atoms with Crippen LogP contribution in [0, 0.1) is 6.92 Å². The molecular weight excluding hydrogens is 410 g/mol. The molecule has 1 spiro atoms. The van der Waals surface area contributed by atoms with Crippen LogP contribution in [0.1, 0.15) is 53.6 Å². The summed E-state index contributed by atoms with van der Waals surface area (Å²) in [4.78, 5) is 28.3. The van der Waals surface area contributed by atoms with Gasteiger partial charge in [-0.05, 0) is 50.7 Å². The molecule has 1 fully saturated rings. The Morgan fingerprint density at radius 1 is 1.25 bits per heavy atom. The number of para-hydroxylation sites is 1. The van der Waals surface area contributed by atoms with E-state index >= 15 is 0 Å². The summed E-state index contributed by atoms with van der Waals surface area (Å²) in [7, 11) is 0. The number of benzene rings is 1. The van der Waals surface area contributed by atoms with Crippen LogP contribution in [0.4, 0.5) is 0 Å². The lowest BCUT2D eigenvalue weighted by atomic mass is 9.91. The van der Waals surface area contributed by atoms with Crippen molar-refractivity contribution in [2.45, 2.75) is 51.6 Å². The number of nitrogens with one attached hydrogen (secondary N) is 1. The molecule has 1 unspecified atom stereocenters. The fourth-order valence-electron chi connectivity index (χ4n) is 4.51. The first-order valence-electron chi connectivity index (χ1n) is 11.4. The van der Waals surface area contributed by atoms with Crippen molar-refractivity contribution in [1.82, 2.24) is 15.4 Å². The molecule has 8 nitrogen and oxygen atoms in total. The Morgan fingerprint density at radius 3 is 2.94 bits per heavy atom. The number of carbonyl (C=O) groups is 2. The van der Waals surface area contributed by atoms with Gasteiger partial charge in [-0.2, -0.15) is 0 Å². The summed E-state index contributed by atoms with van der Waals surface area (Å²) in [6, 6.07) is 8.03. The van der Waals surface area contributed by atoms with E-state index in [1.807, 2.05) is 25.1 Å². The number of hydrogen-bond acceptors (Lipinski definition) is 6. The highest BCUT2D eigenvalue weighted by molar-refractivity contribution is 5.97. The standard InChI is InChI=1S/C24H31N3O5/c1-3-19-21(17(2)32-26-19)22(28)27-13-15-31-24(16-27)11-7-6-9-18-8-4-5-10-20(18)30-14-12-25-23(24)29/h4-5,8,10H,3,6-7,9,11-16H2,1-2H3,(H,25,29). The van der Waals surface area contributed by atoms with Gasteiger partial charge in [0.25, 0.3) is 11.8 Å². The average molecular weight is 442 g/mol. The zero-order valence-corrected chi connectivity index (χ0v) is 18.8. The van der Waals surface area contributed by atoms with Crippen molar-refractivity contribution in [3.8, 4) is 5.75 Å².